The number of para-hydroxylation sites is 1. The minimum Gasteiger partial charge on any atom is -0.368 e. The highest BCUT2D eigenvalue weighted by molar-refractivity contribution is 5.94. The van der Waals surface area contributed by atoms with E-state index in [-0.39, 0.29) is 5.91 Å². The van der Waals surface area contributed by atoms with Gasteiger partial charge in [0, 0.05) is 50.5 Å². The summed E-state index contributed by atoms with van der Waals surface area (Å²) < 4.78 is 1.68. The third-order valence-electron chi connectivity index (χ3n) is 4.76. The number of amides is 1. The van der Waals surface area contributed by atoms with Crippen molar-refractivity contribution in [1.82, 2.24) is 19.7 Å². The van der Waals surface area contributed by atoms with Crippen LogP contribution in [0.2, 0.25) is 0 Å². The Morgan fingerprint density at radius 3 is 2.46 bits per heavy atom. The number of carbonyl (C=O) groups excluding carboxylic acids is 1. The van der Waals surface area contributed by atoms with Gasteiger partial charge in [-0.1, -0.05) is 18.2 Å². The van der Waals surface area contributed by atoms with E-state index < -0.39 is 0 Å². The SMILES string of the molecule is Cc1ccccc1N1CCN(C(=O)c2ccc(-n3cccn3)nc2)CC1. The van der Waals surface area contributed by atoms with Gasteiger partial charge in [-0.15, -0.1) is 0 Å². The number of carbonyl (C=O) groups is 1. The molecule has 4 rings (SSSR count). The predicted octanol–water partition coefficient (Wildman–Crippen LogP) is 2.54. The van der Waals surface area contributed by atoms with Crippen LogP contribution in [0.1, 0.15) is 15.9 Å². The maximum absolute atomic E-state index is 12.8. The molecule has 0 spiro atoms. The molecule has 0 atom stereocenters. The van der Waals surface area contributed by atoms with Crippen molar-refractivity contribution in [3.63, 3.8) is 0 Å². The first-order valence-electron chi connectivity index (χ1n) is 8.78. The van der Waals surface area contributed by atoms with Gasteiger partial charge in [0.05, 0.1) is 5.56 Å². The number of aryl methyl sites for hydroxylation is 1. The summed E-state index contributed by atoms with van der Waals surface area (Å²) in [5.41, 5.74) is 3.14. The predicted molar refractivity (Wildman–Crippen MR) is 101 cm³/mol. The number of hydrogen-bond acceptors (Lipinski definition) is 4. The minimum atomic E-state index is 0.0361. The zero-order valence-electron chi connectivity index (χ0n) is 14.7. The van der Waals surface area contributed by atoms with E-state index >= 15 is 0 Å². The van der Waals surface area contributed by atoms with Crippen LogP contribution in [-0.2, 0) is 0 Å². The Bertz CT molecular complexity index is 881. The molecule has 1 aromatic carbocycles. The fourth-order valence-electron chi connectivity index (χ4n) is 3.30. The van der Waals surface area contributed by atoms with Crippen molar-refractivity contribution in [3.05, 3.63) is 72.2 Å². The average Bonchev–Trinajstić information content (AvgIpc) is 3.23. The van der Waals surface area contributed by atoms with Gasteiger partial charge in [0.25, 0.3) is 5.91 Å². The van der Waals surface area contributed by atoms with E-state index in [1.807, 2.05) is 29.3 Å². The molecule has 6 nitrogen and oxygen atoms in total. The standard InChI is InChI=1S/C20H21N5O/c1-16-5-2-3-6-18(16)23-11-13-24(14-12-23)20(26)17-7-8-19(21-15-17)25-10-4-9-22-25/h2-10,15H,11-14H2,1H3. The van der Waals surface area contributed by atoms with Crippen LogP contribution in [0.5, 0.6) is 0 Å². The van der Waals surface area contributed by atoms with Gasteiger partial charge in [0.15, 0.2) is 5.82 Å². The van der Waals surface area contributed by atoms with Crippen molar-refractivity contribution < 1.29 is 4.79 Å². The van der Waals surface area contributed by atoms with Gasteiger partial charge < -0.3 is 9.80 Å². The molecule has 0 N–H and O–H groups in total. The maximum Gasteiger partial charge on any atom is 0.255 e. The second-order valence-electron chi connectivity index (χ2n) is 6.42. The Kier molecular flexibility index (Phi) is 4.39. The second kappa shape index (κ2) is 7.00. The number of aromatic nitrogens is 3. The third-order valence-corrected chi connectivity index (χ3v) is 4.76. The lowest BCUT2D eigenvalue weighted by Crippen LogP contribution is -2.49. The van der Waals surface area contributed by atoms with Crippen LogP contribution < -0.4 is 4.90 Å². The Balaban J connectivity index is 1.41. The highest BCUT2D eigenvalue weighted by atomic mass is 16.2. The van der Waals surface area contributed by atoms with Crippen LogP contribution in [0.15, 0.2) is 61.1 Å². The van der Waals surface area contributed by atoms with E-state index in [0.717, 1.165) is 13.1 Å². The van der Waals surface area contributed by atoms with Crippen molar-refractivity contribution in [2.24, 2.45) is 0 Å². The highest BCUT2D eigenvalue weighted by Gasteiger charge is 2.23. The number of nitrogens with zero attached hydrogens (tertiary/aromatic N) is 5. The summed E-state index contributed by atoms with van der Waals surface area (Å²) in [5, 5.41) is 4.15. The van der Waals surface area contributed by atoms with Crippen molar-refractivity contribution in [1.29, 1.82) is 0 Å². The fourth-order valence-corrected chi connectivity index (χ4v) is 3.30. The van der Waals surface area contributed by atoms with Crippen LogP contribution in [0.25, 0.3) is 5.82 Å². The minimum absolute atomic E-state index is 0.0361. The number of rotatable bonds is 3. The monoisotopic (exact) mass is 347 g/mol. The molecule has 1 fully saturated rings. The molecule has 2 aromatic heterocycles. The van der Waals surface area contributed by atoms with Gasteiger partial charge in [-0.05, 0) is 36.8 Å². The lowest BCUT2D eigenvalue weighted by molar-refractivity contribution is 0.0746. The number of benzene rings is 1. The summed E-state index contributed by atoms with van der Waals surface area (Å²) in [6, 6.07) is 13.9. The van der Waals surface area contributed by atoms with Gasteiger partial charge in [-0.25, -0.2) is 9.67 Å². The Labute approximate surface area is 152 Å². The quantitative estimate of drug-likeness (QED) is 0.731. The molecule has 0 radical (unpaired) electrons. The molecule has 0 bridgehead atoms. The summed E-state index contributed by atoms with van der Waals surface area (Å²) in [6.45, 7) is 5.24. The van der Waals surface area contributed by atoms with E-state index in [1.54, 1.807) is 17.1 Å². The van der Waals surface area contributed by atoms with Crippen LogP contribution in [-0.4, -0.2) is 51.8 Å². The Morgan fingerprint density at radius 2 is 1.81 bits per heavy atom. The summed E-state index contributed by atoms with van der Waals surface area (Å²) in [7, 11) is 0. The summed E-state index contributed by atoms with van der Waals surface area (Å²) >= 11 is 0. The topological polar surface area (TPSA) is 54.3 Å². The smallest absolute Gasteiger partial charge is 0.255 e. The number of anilines is 1. The van der Waals surface area contributed by atoms with Crippen LogP contribution in [0, 0.1) is 6.92 Å². The fraction of sp³-hybridized carbons (Fsp3) is 0.250. The van der Waals surface area contributed by atoms with E-state index in [9.17, 15) is 4.79 Å². The lowest BCUT2D eigenvalue weighted by atomic mass is 10.1. The molecule has 3 heterocycles. The molecule has 1 aliphatic rings. The molecule has 1 aliphatic heterocycles. The molecular weight excluding hydrogens is 326 g/mol. The van der Waals surface area contributed by atoms with Crippen molar-refractivity contribution in [2.45, 2.75) is 6.92 Å². The molecule has 1 amide bonds. The van der Waals surface area contributed by atoms with Gasteiger partial charge >= 0.3 is 0 Å². The van der Waals surface area contributed by atoms with E-state index in [4.69, 9.17) is 0 Å². The van der Waals surface area contributed by atoms with E-state index in [2.05, 4.69) is 46.2 Å². The molecule has 1 saturated heterocycles. The van der Waals surface area contributed by atoms with Gasteiger partial charge in [0.1, 0.15) is 0 Å². The maximum atomic E-state index is 12.8. The third kappa shape index (κ3) is 3.18. The second-order valence-corrected chi connectivity index (χ2v) is 6.42. The summed E-state index contributed by atoms with van der Waals surface area (Å²) in [4.78, 5) is 21.4. The molecule has 26 heavy (non-hydrogen) atoms. The van der Waals surface area contributed by atoms with E-state index in [1.165, 1.54) is 11.3 Å². The molecule has 132 valence electrons. The van der Waals surface area contributed by atoms with Crippen molar-refractivity contribution in [2.75, 3.05) is 31.1 Å². The number of piperazine rings is 1. The van der Waals surface area contributed by atoms with E-state index in [0.29, 0.717) is 24.5 Å². The van der Waals surface area contributed by atoms with Crippen LogP contribution in [0.3, 0.4) is 0 Å². The zero-order valence-corrected chi connectivity index (χ0v) is 14.7. The van der Waals surface area contributed by atoms with Gasteiger partial charge in [-0.3, -0.25) is 4.79 Å². The molecular formula is C20H21N5O. The molecule has 0 saturated carbocycles. The summed E-state index contributed by atoms with van der Waals surface area (Å²) in [6.07, 6.45) is 5.16. The van der Waals surface area contributed by atoms with Gasteiger partial charge in [-0.2, -0.15) is 5.10 Å². The van der Waals surface area contributed by atoms with Crippen molar-refractivity contribution in [3.8, 4) is 5.82 Å². The number of pyridine rings is 1. The first kappa shape index (κ1) is 16.3. The normalized spacial score (nSPS) is 14.5. The zero-order chi connectivity index (χ0) is 17.9. The van der Waals surface area contributed by atoms with Crippen LogP contribution >= 0.6 is 0 Å². The average molecular weight is 347 g/mol. The molecule has 6 heteroatoms. The highest BCUT2D eigenvalue weighted by Crippen LogP contribution is 2.21. The Morgan fingerprint density at radius 1 is 1.00 bits per heavy atom. The first-order chi connectivity index (χ1) is 12.7. The lowest BCUT2D eigenvalue weighted by Gasteiger charge is -2.36. The summed E-state index contributed by atoms with van der Waals surface area (Å²) in [5.74, 6) is 0.741. The molecule has 3 aromatic rings. The van der Waals surface area contributed by atoms with Crippen molar-refractivity contribution >= 4 is 11.6 Å². The largest absolute Gasteiger partial charge is 0.368 e. The van der Waals surface area contributed by atoms with Crippen LogP contribution in [0.4, 0.5) is 5.69 Å². The Hall–Kier alpha value is -3.15. The molecule has 0 aliphatic carbocycles. The number of hydrogen-bond donors (Lipinski definition) is 0. The van der Waals surface area contributed by atoms with Gasteiger partial charge in [0.2, 0.25) is 0 Å². The molecule has 0 unspecified atom stereocenters. The first-order valence-corrected chi connectivity index (χ1v) is 8.78.